The highest BCUT2D eigenvalue weighted by molar-refractivity contribution is 5.79. The summed E-state index contributed by atoms with van der Waals surface area (Å²) in [6.07, 6.45) is 7.87. The number of carbonyl (C=O) groups is 1. The van der Waals surface area contributed by atoms with Gasteiger partial charge in [0.25, 0.3) is 0 Å². The van der Waals surface area contributed by atoms with E-state index in [1.54, 1.807) is 6.20 Å². The van der Waals surface area contributed by atoms with E-state index >= 15 is 0 Å². The van der Waals surface area contributed by atoms with E-state index in [-0.39, 0.29) is 18.2 Å². The van der Waals surface area contributed by atoms with Gasteiger partial charge in [-0.15, -0.1) is 0 Å². The zero-order valence-electron chi connectivity index (χ0n) is 16.3. The third kappa shape index (κ3) is 4.62. The van der Waals surface area contributed by atoms with Gasteiger partial charge in [-0.05, 0) is 49.4 Å². The van der Waals surface area contributed by atoms with E-state index in [4.69, 9.17) is 0 Å². The minimum Gasteiger partial charge on any atom is -0.391 e. The van der Waals surface area contributed by atoms with Gasteiger partial charge in [-0.2, -0.15) is 0 Å². The summed E-state index contributed by atoms with van der Waals surface area (Å²) in [5.74, 6) is 0. The number of piperidine rings is 1. The van der Waals surface area contributed by atoms with E-state index in [9.17, 15) is 9.90 Å². The van der Waals surface area contributed by atoms with Gasteiger partial charge in [0, 0.05) is 43.3 Å². The maximum Gasteiger partial charge on any atom is 0.315 e. The van der Waals surface area contributed by atoms with Crippen LogP contribution in [-0.4, -0.2) is 52.3 Å². The number of aromatic nitrogens is 1. The van der Waals surface area contributed by atoms with Crippen LogP contribution in [0, 0.1) is 0 Å². The quantitative estimate of drug-likeness (QED) is 0.760. The van der Waals surface area contributed by atoms with E-state index in [2.05, 4.69) is 26.6 Å². The van der Waals surface area contributed by atoms with Crippen molar-refractivity contribution in [3.63, 3.8) is 0 Å². The molecule has 28 heavy (non-hydrogen) atoms. The molecule has 0 radical (unpaired) electrons. The van der Waals surface area contributed by atoms with Crippen LogP contribution >= 0.6 is 0 Å². The number of urea groups is 1. The molecule has 1 aromatic heterocycles. The molecule has 2 unspecified atom stereocenters. The summed E-state index contributed by atoms with van der Waals surface area (Å²) >= 11 is 0. The highest BCUT2D eigenvalue weighted by Gasteiger charge is 2.31. The second kappa shape index (κ2) is 8.88. The highest BCUT2D eigenvalue weighted by atomic mass is 16.3. The van der Waals surface area contributed by atoms with Gasteiger partial charge in [0.05, 0.1) is 11.6 Å². The van der Waals surface area contributed by atoms with Crippen LogP contribution in [0.15, 0.2) is 36.5 Å². The lowest BCUT2D eigenvalue weighted by Gasteiger charge is -2.41. The smallest absolute Gasteiger partial charge is 0.315 e. The minimum absolute atomic E-state index is 0.109. The molecule has 2 aliphatic rings. The fourth-order valence-corrected chi connectivity index (χ4v) is 4.55. The van der Waals surface area contributed by atoms with Crippen LogP contribution in [0.2, 0.25) is 0 Å². The standard InChI is InChI=1S/C22H30N4O2/c27-21-6-2-1-5-20(21)26-12-9-18(10-13-26)25-22(28)24-15-16-7-8-19-17(14-16)4-3-11-23-19/h3-4,7-8,11,14,18,20-21,27H,1-2,5-6,9-10,12-13,15H2,(H2,24,25,28). The first-order valence-corrected chi connectivity index (χ1v) is 10.5. The molecule has 6 nitrogen and oxygen atoms in total. The second-order valence-corrected chi connectivity index (χ2v) is 8.09. The zero-order chi connectivity index (χ0) is 19.3. The number of fused-ring (bicyclic) bond motifs is 1. The molecule has 4 rings (SSSR count). The molecule has 6 heteroatoms. The Balaban J connectivity index is 1.22. The summed E-state index contributed by atoms with van der Waals surface area (Å²) in [5, 5.41) is 17.4. The molecule has 1 aromatic carbocycles. The summed E-state index contributed by atoms with van der Waals surface area (Å²) in [4.78, 5) is 19.0. The zero-order valence-corrected chi connectivity index (χ0v) is 16.3. The topological polar surface area (TPSA) is 77.5 Å². The molecule has 2 aromatic rings. The van der Waals surface area contributed by atoms with Gasteiger partial charge in [-0.25, -0.2) is 4.79 Å². The van der Waals surface area contributed by atoms with Gasteiger partial charge < -0.3 is 15.7 Å². The van der Waals surface area contributed by atoms with Crippen LogP contribution in [0.3, 0.4) is 0 Å². The lowest BCUT2D eigenvalue weighted by molar-refractivity contribution is 0.00777. The average Bonchev–Trinajstić information content (AvgIpc) is 2.73. The Morgan fingerprint density at radius 3 is 2.79 bits per heavy atom. The Morgan fingerprint density at radius 2 is 1.96 bits per heavy atom. The number of nitrogens with one attached hydrogen (secondary N) is 2. The fraction of sp³-hybridized carbons (Fsp3) is 0.545. The SMILES string of the molecule is O=C(NCc1ccc2ncccc2c1)NC1CCN(C2CCCCC2O)CC1. The first-order chi connectivity index (χ1) is 13.7. The Bertz CT molecular complexity index is 804. The number of carbonyl (C=O) groups excluding carboxylic acids is 1. The number of hydrogen-bond donors (Lipinski definition) is 3. The van der Waals surface area contributed by atoms with Gasteiger partial charge in [-0.3, -0.25) is 9.88 Å². The van der Waals surface area contributed by atoms with Gasteiger partial charge in [0.15, 0.2) is 0 Å². The first kappa shape index (κ1) is 19.2. The van der Waals surface area contributed by atoms with Crippen LogP contribution in [0.25, 0.3) is 10.9 Å². The predicted octanol–water partition coefficient (Wildman–Crippen LogP) is 2.80. The Hall–Kier alpha value is -2.18. The molecule has 0 spiro atoms. The van der Waals surface area contributed by atoms with Crippen molar-refractivity contribution in [2.75, 3.05) is 13.1 Å². The Kier molecular flexibility index (Phi) is 6.07. The van der Waals surface area contributed by atoms with Crippen molar-refractivity contribution in [3.05, 3.63) is 42.1 Å². The van der Waals surface area contributed by atoms with E-state index in [1.165, 1.54) is 6.42 Å². The first-order valence-electron chi connectivity index (χ1n) is 10.5. The third-order valence-electron chi connectivity index (χ3n) is 6.15. The predicted molar refractivity (Wildman–Crippen MR) is 110 cm³/mol. The van der Waals surface area contributed by atoms with Crippen molar-refractivity contribution in [2.24, 2.45) is 0 Å². The van der Waals surface area contributed by atoms with Crippen molar-refractivity contribution in [3.8, 4) is 0 Å². The van der Waals surface area contributed by atoms with Crippen molar-refractivity contribution in [2.45, 2.75) is 63.3 Å². The number of aliphatic hydroxyl groups excluding tert-OH is 1. The number of nitrogens with zero attached hydrogens (tertiary/aromatic N) is 2. The van der Waals surface area contributed by atoms with Crippen molar-refractivity contribution >= 4 is 16.9 Å². The normalized spacial score (nSPS) is 24.2. The summed E-state index contributed by atoms with van der Waals surface area (Å²) in [6.45, 7) is 2.40. The Labute approximate surface area is 166 Å². The van der Waals surface area contributed by atoms with Gasteiger partial charge >= 0.3 is 6.03 Å². The van der Waals surface area contributed by atoms with E-state index < -0.39 is 0 Å². The van der Waals surface area contributed by atoms with E-state index in [1.807, 2.05) is 24.3 Å². The molecule has 3 N–H and O–H groups in total. The molecule has 2 fully saturated rings. The summed E-state index contributed by atoms with van der Waals surface area (Å²) in [7, 11) is 0. The number of benzene rings is 1. The number of pyridine rings is 1. The van der Waals surface area contributed by atoms with Crippen molar-refractivity contribution in [1.82, 2.24) is 20.5 Å². The van der Waals surface area contributed by atoms with Gasteiger partial charge in [0.1, 0.15) is 0 Å². The number of hydrogen-bond acceptors (Lipinski definition) is 4. The molecule has 1 aliphatic heterocycles. The number of aliphatic hydroxyl groups is 1. The second-order valence-electron chi connectivity index (χ2n) is 8.09. The van der Waals surface area contributed by atoms with Crippen LogP contribution < -0.4 is 10.6 Å². The average molecular weight is 383 g/mol. The maximum absolute atomic E-state index is 12.3. The molecule has 2 amide bonds. The maximum atomic E-state index is 12.3. The molecule has 2 atom stereocenters. The molecule has 0 bridgehead atoms. The lowest BCUT2D eigenvalue weighted by Crippen LogP contribution is -2.53. The largest absolute Gasteiger partial charge is 0.391 e. The Morgan fingerprint density at radius 1 is 1.14 bits per heavy atom. The van der Waals surface area contributed by atoms with Crippen LogP contribution in [0.5, 0.6) is 0 Å². The summed E-state index contributed by atoms with van der Waals surface area (Å²) < 4.78 is 0. The molecule has 2 heterocycles. The van der Waals surface area contributed by atoms with Crippen LogP contribution in [0.1, 0.15) is 44.1 Å². The fourth-order valence-electron chi connectivity index (χ4n) is 4.55. The lowest BCUT2D eigenvalue weighted by atomic mass is 9.89. The third-order valence-corrected chi connectivity index (χ3v) is 6.15. The van der Waals surface area contributed by atoms with E-state index in [0.29, 0.717) is 12.6 Å². The summed E-state index contributed by atoms with van der Waals surface area (Å²) in [6, 6.07) is 10.4. The highest BCUT2D eigenvalue weighted by Crippen LogP contribution is 2.25. The van der Waals surface area contributed by atoms with Crippen molar-refractivity contribution < 1.29 is 9.90 Å². The monoisotopic (exact) mass is 382 g/mol. The van der Waals surface area contributed by atoms with E-state index in [0.717, 1.165) is 61.7 Å². The number of likely N-dealkylation sites (tertiary alicyclic amines) is 1. The van der Waals surface area contributed by atoms with Crippen molar-refractivity contribution in [1.29, 1.82) is 0 Å². The van der Waals surface area contributed by atoms with Crippen LogP contribution in [0.4, 0.5) is 4.79 Å². The molecule has 1 aliphatic carbocycles. The van der Waals surface area contributed by atoms with Gasteiger partial charge in [0.2, 0.25) is 0 Å². The summed E-state index contributed by atoms with van der Waals surface area (Å²) in [5.41, 5.74) is 2.03. The number of rotatable bonds is 4. The minimum atomic E-state index is -0.182. The number of amides is 2. The molecule has 1 saturated heterocycles. The molecule has 1 saturated carbocycles. The molecule has 150 valence electrons. The van der Waals surface area contributed by atoms with Gasteiger partial charge in [-0.1, -0.05) is 25.0 Å². The molecular weight excluding hydrogens is 352 g/mol. The molecular formula is C22H30N4O2. The van der Waals surface area contributed by atoms with Crippen LogP contribution in [-0.2, 0) is 6.54 Å².